The third kappa shape index (κ3) is 5.70. The molecule has 0 saturated heterocycles. The van der Waals surface area contributed by atoms with E-state index in [1.807, 2.05) is 11.6 Å². The molecule has 0 saturated carbocycles. The summed E-state index contributed by atoms with van der Waals surface area (Å²) < 4.78 is 27.8. The molecule has 140 valence electrons. The van der Waals surface area contributed by atoms with Crippen LogP contribution in [0.5, 0.6) is 0 Å². The molecule has 1 aromatic heterocycles. The van der Waals surface area contributed by atoms with E-state index in [0.29, 0.717) is 0 Å². The second kappa shape index (κ2) is 8.80. The fourth-order valence-electron chi connectivity index (χ4n) is 2.49. The van der Waals surface area contributed by atoms with Gasteiger partial charge in [-0.05, 0) is 18.4 Å². The molecule has 0 aromatic carbocycles. The number of carbonyl (C=O) groups excluding carboxylic acids is 3. The van der Waals surface area contributed by atoms with E-state index in [1.54, 1.807) is 0 Å². The molecule has 25 heavy (non-hydrogen) atoms. The van der Waals surface area contributed by atoms with Crippen LogP contribution in [-0.4, -0.2) is 30.6 Å². The van der Waals surface area contributed by atoms with Crippen molar-refractivity contribution in [3.8, 4) is 0 Å². The number of sulfonamides is 1. The van der Waals surface area contributed by atoms with Crippen LogP contribution in [0.25, 0.3) is 0 Å². The zero-order chi connectivity index (χ0) is 19.2. The Labute approximate surface area is 147 Å². The first-order chi connectivity index (χ1) is 11.6. The van der Waals surface area contributed by atoms with Gasteiger partial charge in [-0.2, -0.15) is 0 Å². The largest absolute Gasteiger partial charge is 0.363 e. The lowest BCUT2D eigenvalue weighted by Gasteiger charge is -2.13. The summed E-state index contributed by atoms with van der Waals surface area (Å²) in [5, 5.41) is 0. The van der Waals surface area contributed by atoms with Crippen molar-refractivity contribution >= 4 is 27.6 Å². The van der Waals surface area contributed by atoms with E-state index >= 15 is 0 Å². The predicted octanol–water partition coefficient (Wildman–Crippen LogP) is 1.10. The number of aryl methyl sites for hydroxylation is 1. The average Bonchev–Trinajstić information content (AvgIpc) is 2.92. The number of unbranched alkanes of at least 4 members (excludes halogenated alkanes) is 1. The number of nitrogens with two attached hydrogens (primary N) is 1. The standard InChI is InChI=1S/C16H25N3O5S/c1-4-6-7-11(5-2)8-14(20)18-25(23,24)12-9-13(19(3)10-12)15(21)16(17)22/h9-11H,4-8H2,1-3H3,(H2,17,22)(H,18,20). The lowest BCUT2D eigenvalue weighted by Crippen LogP contribution is -2.31. The van der Waals surface area contributed by atoms with Crippen LogP contribution in [0.15, 0.2) is 17.2 Å². The molecule has 0 radical (unpaired) electrons. The quantitative estimate of drug-likeness (QED) is 0.470. The van der Waals surface area contributed by atoms with Crippen molar-refractivity contribution in [3.05, 3.63) is 18.0 Å². The molecule has 9 heteroatoms. The number of rotatable bonds is 10. The fraction of sp³-hybridized carbons (Fsp3) is 0.562. The number of primary amides is 1. The topological polar surface area (TPSA) is 128 Å². The number of hydrogen-bond acceptors (Lipinski definition) is 5. The van der Waals surface area contributed by atoms with Crippen molar-refractivity contribution < 1.29 is 22.8 Å². The van der Waals surface area contributed by atoms with Crippen molar-refractivity contribution in [1.29, 1.82) is 0 Å². The zero-order valence-corrected chi connectivity index (χ0v) is 15.6. The zero-order valence-electron chi connectivity index (χ0n) is 14.7. The van der Waals surface area contributed by atoms with Crippen LogP contribution in [0.3, 0.4) is 0 Å². The van der Waals surface area contributed by atoms with Gasteiger partial charge in [0.2, 0.25) is 5.91 Å². The van der Waals surface area contributed by atoms with E-state index in [-0.39, 0.29) is 22.9 Å². The number of Topliss-reactive ketones (excluding diaryl/α,β-unsaturated/α-hetero) is 1. The normalized spacial score (nSPS) is 12.6. The lowest BCUT2D eigenvalue weighted by atomic mass is 9.96. The van der Waals surface area contributed by atoms with Crippen LogP contribution in [0.2, 0.25) is 0 Å². The Balaban J connectivity index is 2.88. The van der Waals surface area contributed by atoms with Gasteiger partial charge in [-0.1, -0.05) is 33.1 Å². The summed E-state index contributed by atoms with van der Waals surface area (Å²) in [6.45, 7) is 4.01. The highest BCUT2D eigenvalue weighted by Crippen LogP contribution is 2.18. The number of carbonyl (C=O) groups is 3. The molecule has 1 rings (SSSR count). The van der Waals surface area contributed by atoms with Crippen molar-refractivity contribution in [3.63, 3.8) is 0 Å². The van der Waals surface area contributed by atoms with Gasteiger partial charge in [-0.15, -0.1) is 0 Å². The molecule has 8 nitrogen and oxygen atoms in total. The second-order valence-electron chi connectivity index (χ2n) is 6.01. The average molecular weight is 371 g/mol. The lowest BCUT2D eigenvalue weighted by molar-refractivity contribution is -0.120. The summed E-state index contributed by atoms with van der Waals surface area (Å²) in [6, 6.07) is 1.02. The van der Waals surface area contributed by atoms with Gasteiger partial charge in [0.25, 0.3) is 21.7 Å². The highest BCUT2D eigenvalue weighted by molar-refractivity contribution is 7.90. The Morgan fingerprint density at radius 3 is 2.44 bits per heavy atom. The molecular weight excluding hydrogens is 346 g/mol. The smallest absolute Gasteiger partial charge is 0.291 e. The molecule has 1 unspecified atom stereocenters. The van der Waals surface area contributed by atoms with Crippen molar-refractivity contribution in [2.45, 2.75) is 50.8 Å². The Kier molecular flexibility index (Phi) is 7.35. The fourth-order valence-corrected chi connectivity index (χ4v) is 3.55. The van der Waals surface area contributed by atoms with Crippen LogP contribution in [0.1, 0.15) is 56.4 Å². The van der Waals surface area contributed by atoms with Gasteiger partial charge in [0, 0.05) is 19.7 Å². The molecule has 0 aliphatic heterocycles. The van der Waals surface area contributed by atoms with Gasteiger partial charge in [0.05, 0.1) is 5.69 Å². The molecule has 0 aliphatic rings. The molecule has 0 aliphatic carbocycles. The maximum atomic E-state index is 12.3. The summed E-state index contributed by atoms with van der Waals surface area (Å²) >= 11 is 0. The molecule has 1 atom stereocenters. The molecule has 0 spiro atoms. The number of ketones is 1. The summed E-state index contributed by atoms with van der Waals surface area (Å²) in [5.41, 5.74) is 4.77. The molecule has 3 N–H and O–H groups in total. The first-order valence-corrected chi connectivity index (χ1v) is 9.66. The summed E-state index contributed by atoms with van der Waals surface area (Å²) in [6.07, 6.45) is 4.92. The third-order valence-corrected chi connectivity index (χ3v) is 5.35. The molecule has 1 aromatic rings. The Morgan fingerprint density at radius 2 is 1.92 bits per heavy atom. The van der Waals surface area contributed by atoms with Gasteiger partial charge in [-0.3, -0.25) is 14.4 Å². The first kappa shape index (κ1) is 20.9. The highest BCUT2D eigenvalue weighted by Gasteiger charge is 2.25. The minimum Gasteiger partial charge on any atom is -0.363 e. The Morgan fingerprint density at radius 1 is 1.28 bits per heavy atom. The highest BCUT2D eigenvalue weighted by atomic mass is 32.2. The Hall–Kier alpha value is -2.16. The summed E-state index contributed by atoms with van der Waals surface area (Å²) in [4.78, 5) is 34.4. The van der Waals surface area contributed by atoms with Crippen molar-refractivity contribution in [2.75, 3.05) is 0 Å². The van der Waals surface area contributed by atoms with Gasteiger partial charge < -0.3 is 10.3 Å². The van der Waals surface area contributed by atoms with Gasteiger partial charge >= 0.3 is 0 Å². The van der Waals surface area contributed by atoms with E-state index in [2.05, 4.69) is 6.92 Å². The van der Waals surface area contributed by atoms with E-state index < -0.39 is 27.6 Å². The number of hydrogen-bond donors (Lipinski definition) is 2. The summed E-state index contributed by atoms with van der Waals surface area (Å²) in [7, 11) is -2.71. The van der Waals surface area contributed by atoms with Crippen LogP contribution in [-0.2, 0) is 26.7 Å². The Bertz CT molecular complexity index is 752. The van der Waals surface area contributed by atoms with Gasteiger partial charge in [0.15, 0.2) is 0 Å². The molecule has 2 amide bonds. The van der Waals surface area contributed by atoms with Crippen LogP contribution >= 0.6 is 0 Å². The minimum atomic E-state index is -4.12. The van der Waals surface area contributed by atoms with E-state index in [9.17, 15) is 22.8 Å². The summed E-state index contributed by atoms with van der Waals surface area (Å²) in [5.74, 6) is -2.65. The van der Waals surface area contributed by atoms with E-state index in [1.165, 1.54) is 11.6 Å². The minimum absolute atomic E-state index is 0.121. The van der Waals surface area contributed by atoms with E-state index in [4.69, 9.17) is 5.73 Å². The van der Waals surface area contributed by atoms with Crippen molar-refractivity contribution in [2.24, 2.45) is 18.7 Å². The molecular formula is C16H25N3O5S. The SMILES string of the molecule is CCCCC(CC)CC(=O)NS(=O)(=O)c1cc(C(=O)C(N)=O)n(C)c1. The number of nitrogens with zero attached hydrogens (tertiary/aromatic N) is 1. The maximum absolute atomic E-state index is 12.3. The monoisotopic (exact) mass is 371 g/mol. The molecule has 0 bridgehead atoms. The number of aromatic nitrogens is 1. The van der Waals surface area contributed by atoms with Gasteiger partial charge in [0.1, 0.15) is 4.90 Å². The van der Waals surface area contributed by atoms with Crippen LogP contribution in [0, 0.1) is 5.92 Å². The molecule has 1 heterocycles. The first-order valence-electron chi connectivity index (χ1n) is 8.18. The predicted molar refractivity (Wildman–Crippen MR) is 92.2 cm³/mol. The maximum Gasteiger partial charge on any atom is 0.291 e. The molecule has 0 fully saturated rings. The third-order valence-electron chi connectivity index (χ3n) is 4.01. The van der Waals surface area contributed by atoms with Crippen LogP contribution < -0.4 is 10.5 Å². The number of amides is 2. The second-order valence-corrected chi connectivity index (χ2v) is 7.70. The van der Waals surface area contributed by atoms with Crippen molar-refractivity contribution in [1.82, 2.24) is 9.29 Å². The van der Waals surface area contributed by atoms with Gasteiger partial charge in [-0.25, -0.2) is 13.1 Å². The number of nitrogens with one attached hydrogen (secondary N) is 1. The van der Waals surface area contributed by atoms with Crippen LogP contribution in [0.4, 0.5) is 0 Å². The van der Waals surface area contributed by atoms with E-state index in [0.717, 1.165) is 37.9 Å².